The van der Waals surface area contributed by atoms with Gasteiger partial charge in [0, 0.05) is 44.4 Å². The van der Waals surface area contributed by atoms with Crippen molar-refractivity contribution < 1.29 is 22.1 Å². The molecule has 29 heavy (non-hydrogen) atoms. The largest absolute Gasteiger partial charge is 1.00 e. The fourth-order valence-corrected chi connectivity index (χ4v) is 3.56. The van der Waals surface area contributed by atoms with Gasteiger partial charge in [-0.3, -0.25) is 15.0 Å². The molecule has 0 unspecified atom stereocenters. The Kier molecular flexibility index (Phi) is 9.38. The fraction of sp³-hybridized carbons (Fsp3) is 0.455. The Bertz CT molecular complexity index is 765. The average Bonchev–Trinajstić information content (AvgIpc) is 2.69. The number of piperazine rings is 1. The Balaban J connectivity index is 0.00000300. The topological polar surface area (TPSA) is 58.8 Å². The standard InChI is InChI=1S/C22H29N3O3.ClH/c1-19-17-21(9-10-22(19)25(26)27)28-16-6-5-11-23-12-14-24(15-13-23)18-20-7-3-2-4-8-20;/h2-4,7-10,17H,5-6,11-16,18H2,1H3;1H/p-1. The van der Waals surface area contributed by atoms with E-state index in [2.05, 4.69) is 40.1 Å². The van der Waals surface area contributed by atoms with Gasteiger partial charge >= 0.3 is 0 Å². The maximum atomic E-state index is 10.9. The van der Waals surface area contributed by atoms with E-state index in [9.17, 15) is 10.1 Å². The van der Waals surface area contributed by atoms with Gasteiger partial charge in [-0.1, -0.05) is 30.3 Å². The number of aryl methyl sites for hydroxylation is 1. The molecule has 0 bridgehead atoms. The van der Waals surface area contributed by atoms with Gasteiger partial charge in [0.15, 0.2) is 0 Å². The van der Waals surface area contributed by atoms with Crippen molar-refractivity contribution in [1.29, 1.82) is 0 Å². The lowest BCUT2D eigenvalue weighted by Crippen LogP contribution is -3.00. The molecule has 7 heteroatoms. The van der Waals surface area contributed by atoms with Crippen LogP contribution in [-0.4, -0.2) is 54.1 Å². The molecule has 0 N–H and O–H groups in total. The van der Waals surface area contributed by atoms with Gasteiger partial charge < -0.3 is 22.0 Å². The molecule has 158 valence electrons. The minimum Gasteiger partial charge on any atom is -1.00 e. The molecule has 1 aliphatic heterocycles. The predicted octanol–water partition coefficient (Wildman–Crippen LogP) is 0.884. The zero-order chi connectivity index (χ0) is 19.8. The Labute approximate surface area is 179 Å². The van der Waals surface area contributed by atoms with Crippen LogP contribution >= 0.6 is 0 Å². The van der Waals surface area contributed by atoms with Gasteiger partial charge in [-0.15, -0.1) is 0 Å². The lowest BCUT2D eigenvalue weighted by Gasteiger charge is -2.34. The van der Waals surface area contributed by atoms with Crippen LogP contribution in [-0.2, 0) is 6.54 Å². The summed E-state index contributed by atoms with van der Waals surface area (Å²) >= 11 is 0. The number of hydrogen-bond donors (Lipinski definition) is 0. The summed E-state index contributed by atoms with van der Waals surface area (Å²) in [6.45, 7) is 9.00. The lowest BCUT2D eigenvalue weighted by molar-refractivity contribution is -0.385. The molecule has 1 aliphatic rings. The van der Waals surface area contributed by atoms with Crippen molar-refractivity contribution in [3.63, 3.8) is 0 Å². The Morgan fingerprint density at radius 3 is 2.34 bits per heavy atom. The number of halogens is 1. The summed E-state index contributed by atoms with van der Waals surface area (Å²) in [5.74, 6) is 0.706. The van der Waals surface area contributed by atoms with Crippen LogP contribution in [0.15, 0.2) is 48.5 Å². The third-order valence-corrected chi connectivity index (χ3v) is 5.22. The molecular formula is C22H29ClN3O3-. The first-order valence-corrected chi connectivity index (χ1v) is 9.98. The van der Waals surface area contributed by atoms with Gasteiger partial charge in [0.05, 0.1) is 11.5 Å². The van der Waals surface area contributed by atoms with Crippen LogP contribution in [0.1, 0.15) is 24.0 Å². The smallest absolute Gasteiger partial charge is 0.272 e. The second-order valence-corrected chi connectivity index (χ2v) is 7.36. The first-order valence-electron chi connectivity index (χ1n) is 9.98. The Hall–Kier alpha value is -2.15. The molecule has 0 spiro atoms. The van der Waals surface area contributed by atoms with Crippen LogP contribution in [0.4, 0.5) is 5.69 Å². The van der Waals surface area contributed by atoms with E-state index in [1.54, 1.807) is 19.1 Å². The van der Waals surface area contributed by atoms with Gasteiger partial charge in [0.25, 0.3) is 5.69 Å². The Morgan fingerprint density at radius 2 is 1.69 bits per heavy atom. The zero-order valence-electron chi connectivity index (χ0n) is 16.9. The number of ether oxygens (including phenoxy) is 1. The van der Waals surface area contributed by atoms with E-state index < -0.39 is 0 Å². The van der Waals surface area contributed by atoms with Crippen molar-refractivity contribution in [3.05, 3.63) is 69.8 Å². The monoisotopic (exact) mass is 418 g/mol. The van der Waals surface area contributed by atoms with Crippen molar-refractivity contribution in [2.24, 2.45) is 0 Å². The minimum atomic E-state index is -0.362. The van der Waals surface area contributed by atoms with Crippen molar-refractivity contribution in [1.82, 2.24) is 9.80 Å². The van der Waals surface area contributed by atoms with Gasteiger partial charge in [0.2, 0.25) is 0 Å². The van der Waals surface area contributed by atoms with Gasteiger partial charge in [-0.2, -0.15) is 0 Å². The summed E-state index contributed by atoms with van der Waals surface area (Å²) < 4.78 is 5.75. The molecule has 2 aromatic carbocycles. The van der Waals surface area contributed by atoms with E-state index in [-0.39, 0.29) is 23.0 Å². The molecule has 2 aromatic rings. The maximum absolute atomic E-state index is 10.9. The number of benzene rings is 2. The first kappa shape index (κ1) is 23.1. The maximum Gasteiger partial charge on any atom is 0.272 e. The number of nitro benzene ring substituents is 1. The lowest BCUT2D eigenvalue weighted by atomic mass is 10.2. The molecule has 0 atom stereocenters. The van der Waals surface area contributed by atoms with Gasteiger partial charge in [-0.25, -0.2) is 0 Å². The highest BCUT2D eigenvalue weighted by Gasteiger charge is 2.16. The van der Waals surface area contributed by atoms with Crippen molar-refractivity contribution in [3.8, 4) is 5.75 Å². The second-order valence-electron chi connectivity index (χ2n) is 7.36. The molecule has 0 aromatic heterocycles. The third kappa shape index (κ3) is 7.31. The van der Waals surface area contributed by atoms with Crippen LogP contribution in [0.2, 0.25) is 0 Å². The van der Waals surface area contributed by atoms with E-state index in [0.29, 0.717) is 17.9 Å². The molecule has 0 radical (unpaired) electrons. The minimum absolute atomic E-state index is 0. The quantitative estimate of drug-likeness (QED) is 0.344. The molecular weight excluding hydrogens is 390 g/mol. The van der Waals surface area contributed by atoms with E-state index >= 15 is 0 Å². The average molecular weight is 419 g/mol. The predicted molar refractivity (Wildman–Crippen MR) is 111 cm³/mol. The zero-order valence-corrected chi connectivity index (χ0v) is 17.7. The highest BCUT2D eigenvalue weighted by molar-refractivity contribution is 5.44. The number of hydrogen-bond acceptors (Lipinski definition) is 5. The number of nitrogens with zero attached hydrogens (tertiary/aromatic N) is 3. The number of unbranched alkanes of at least 4 members (excludes halogenated alkanes) is 1. The number of rotatable bonds is 9. The molecule has 1 saturated heterocycles. The summed E-state index contributed by atoms with van der Waals surface area (Å²) in [4.78, 5) is 15.5. The molecule has 6 nitrogen and oxygen atoms in total. The summed E-state index contributed by atoms with van der Waals surface area (Å²) in [6, 6.07) is 15.6. The first-order chi connectivity index (χ1) is 13.6. The second kappa shape index (κ2) is 11.8. The Morgan fingerprint density at radius 1 is 1.00 bits per heavy atom. The molecule has 1 fully saturated rings. The van der Waals surface area contributed by atoms with E-state index in [1.807, 2.05) is 0 Å². The molecule has 0 amide bonds. The molecule has 3 rings (SSSR count). The normalized spacial score (nSPS) is 14.9. The van der Waals surface area contributed by atoms with Gasteiger partial charge in [0.1, 0.15) is 5.75 Å². The summed E-state index contributed by atoms with van der Waals surface area (Å²) in [5, 5.41) is 10.9. The van der Waals surface area contributed by atoms with E-state index in [4.69, 9.17) is 4.74 Å². The molecule has 1 heterocycles. The van der Waals surface area contributed by atoms with Crippen LogP contribution in [0, 0.1) is 17.0 Å². The fourth-order valence-electron chi connectivity index (χ4n) is 3.56. The van der Waals surface area contributed by atoms with Crippen LogP contribution in [0.25, 0.3) is 0 Å². The van der Waals surface area contributed by atoms with Crippen molar-refractivity contribution >= 4 is 5.69 Å². The summed E-state index contributed by atoms with van der Waals surface area (Å²) in [5.41, 5.74) is 2.16. The van der Waals surface area contributed by atoms with E-state index in [0.717, 1.165) is 52.1 Å². The van der Waals surface area contributed by atoms with Crippen molar-refractivity contribution in [2.45, 2.75) is 26.3 Å². The van der Waals surface area contributed by atoms with Crippen molar-refractivity contribution in [2.75, 3.05) is 39.3 Å². The molecule has 0 aliphatic carbocycles. The highest BCUT2D eigenvalue weighted by atomic mass is 35.5. The highest BCUT2D eigenvalue weighted by Crippen LogP contribution is 2.23. The third-order valence-electron chi connectivity index (χ3n) is 5.22. The van der Waals surface area contributed by atoms with E-state index in [1.165, 1.54) is 11.6 Å². The number of nitro groups is 1. The summed E-state index contributed by atoms with van der Waals surface area (Å²) in [7, 11) is 0. The SMILES string of the molecule is Cc1cc(OCCCCN2CCN(Cc3ccccc3)CC2)ccc1[N+](=O)[O-].[Cl-]. The summed E-state index contributed by atoms with van der Waals surface area (Å²) in [6.07, 6.45) is 2.09. The van der Waals surface area contributed by atoms with Crippen LogP contribution < -0.4 is 17.1 Å². The molecule has 0 saturated carbocycles. The van der Waals surface area contributed by atoms with Crippen LogP contribution in [0.3, 0.4) is 0 Å². The van der Waals surface area contributed by atoms with Crippen LogP contribution in [0.5, 0.6) is 5.75 Å². The van der Waals surface area contributed by atoms with Gasteiger partial charge in [-0.05, 0) is 44.0 Å².